The molecule has 0 bridgehead atoms. The molecule has 1 N–H and O–H groups in total. The molecule has 1 aliphatic rings. The Labute approximate surface area is 130 Å². The Kier molecular flexibility index (Phi) is 5.65. The van der Waals surface area contributed by atoms with Crippen LogP contribution in [-0.4, -0.2) is 36.9 Å². The number of halogens is 1. The lowest BCUT2D eigenvalue weighted by Gasteiger charge is -2.28. The van der Waals surface area contributed by atoms with E-state index in [-0.39, 0.29) is 6.10 Å². The molecule has 114 valence electrons. The van der Waals surface area contributed by atoms with Crippen LogP contribution in [-0.2, 0) is 9.53 Å². The number of carbonyl (C=O) groups is 1. The number of carboxylic acids is 1. The molecular weight excluding hydrogens is 290 g/mol. The molecule has 0 saturated carbocycles. The van der Waals surface area contributed by atoms with E-state index in [2.05, 4.69) is 11.8 Å². The number of nitrogens with zero attached hydrogens (tertiary/aromatic N) is 1. The van der Waals surface area contributed by atoms with Gasteiger partial charge in [0.15, 0.2) is 0 Å². The van der Waals surface area contributed by atoms with Crippen LogP contribution in [0.4, 0.5) is 5.69 Å². The van der Waals surface area contributed by atoms with E-state index in [4.69, 9.17) is 21.4 Å². The second kappa shape index (κ2) is 7.48. The van der Waals surface area contributed by atoms with Gasteiger partial charge in [0, 0.05) is 42.0 Å². The first-order valence-corrected chi connectivity index (χ1v) is 7.55. The summed E-state index contributed by atoms with van der Waals surface area (Å²) in [4.78, 5) is 12.9. The van der Waals surface area contributed by atoms with Gasteiger partial charge in [-0.25, -0.2) is 4.79 Å². The second-order valence-corrected chi connectivity index (χ2v) is 5.43. The van der Waals surface area contributed by atoms with Gasteiger partial charge < -0.3 is 14.7 Å². The average molecular weight is 310 g/mol. The number of ether oxygens (including phenoxy) is 1. The summed E-state index contributed by atoms with van der Waals surface area (Å²) in [6.45, 7) is 4.50. The molecule has 0 aromatic heterocycles. The fourth-order valence-corrected chi connectivity index (χ4v) is 2.79. The first-order chi connectivity index (χ1) is 10.1. The minimum Gasteiger partial charge on any atom is -0.478 e. The fourth-order valence-electron chi connectivity index (χ4n) is 2.55. The van der Waals surface area contributed by atoms with Crippen molar-refractivity contribution in [2.24, 2.45) is 0 Å². The zero-order valence-electron chi connectivity index (χ0n) is 12.1. The van der Waals surface area contributed by atoms with Gasteiger partial charge in [0.1, 0.15) is 0 Å². The molecule has 0 aliphatic carbocycles. The molecular formula is C16H20ClNO3. The zero-order chi connectivity index (χ0) is 15.2. The van der Waals surface area contributed by atoms with Crippen LogP contribution in [0, 0.1) is 0 Å². The smallest absolute Gasteiger partial charge is 0.328 e. The van der Waals surface area contributed by atoms with E-state index >= 15 is 0 Å². The molecule has 1 aromatic rings. The van der Waals surface area contributed by atoms with Gasteiger partial charge >= 0.3 is 5.97 Å². The Morgan fingerprint density at radius 1 is 1.57 bits per heavy atom. The van der Waals surface area contributed by atoms with Gasteiger partial charge in [-0.1, -0.05) is 17.7 Å². The number of anilines is 1. The van der Waals surface area contributed by atoms with Crippen molar-refractivity contribution in [3.05, 3.63) is 34.9 Å². The molecule has 0 radical (unpaired) electrons. The molecule has 0 amide bonds. The molecule has 1 atom stereocenters. The molecule has 2 rings (SSSR count). The number of carboxylic acid groups (broad SMARTS) is 1. The predicted octanol–water partition coefficient (Wildman–Crippen LogP) is 3.44. The SMILES string of the molecule is CCN(CC1CCCO1)c1cccc(Cl)c1C=CC(=O)O. The summed E-state index contributed by atoms with van der Waals surface area (Å²) in [6.07, 6.45) is 5.07. The van der Waals surface area contributed by atoms with Crippen LogP contribution in [0.5, 0.6) is 0 Å². The summed E-state index contributed by atoms with van der Waals surface area (Å²) < 4.78 is 5.69. The quantitative estimate of drug-likeness (QED) is 0.818. The maximum atomic E-state index is 10.7. The number of hydrogen-bond acceptors (Lipinski definition) is 3. The van der Waals surface area contributed by atoms with E-state index in [0.29, 0.717) is 5.02 Å². The molecule has 21 heavy (non-hydrogen) atoms. The van der Waals surface area contributed by atoms with Gasteiger partial charge in [0.05, 0.1) is 6.10 Å². The highest BCUT2D eigenvalue weighted by molar-refractivity contribution is 6.32. The van der Waals surface area contributed by atoms with E-state index in [1.54, 1.807) is 12.1 Å². The first-order valence-electron chi connectivity index (χ1n) is 7.18. The Morgan fingerprint density at radius 3 is 3.00 bits per heavy atom. The Morgan fingerprint density at radius 2 is 2.38 bits per heavy atom. The van der Waals surface area contributed by atoms with E-state index in [9.17, 15) is 4.79 Å². The molecule has 0 spiro atoms. The van der Waals surface area contributed by atoms with Crippen molar-refractivity contribution < 1.29 is 14.6 Å². The third-order valence-electron chi connectivity index (χ3n) is 3.59. The Balaban J connectivity index is 2.26. The van der Waals surface area contributed by atoms with Gasteiger partial charge in [-0.05, 0) is 38.0 Å². The monoisotopic (exact) mass is 309 g/mol. The summed E-state index contributed by atoms with van der Waals surface area (Å²) in [7, 11) is 0. The standard InChI is InChI=1S/C16H20ClNO3/c1-2-18(11-12-5-4-10-21-12)15-7-3-6-14(17)13(15)8-9-16(19)20/h3,6-9,12H,2,4-5,10-11H2,1H3,(H,19,20). The molecule has 1 aliphatic heterocycles. The van der Waals surface area contributed by atoms with Crippen LogP contribution in [0.1, 0.15) is 25.3 Å². The van der Waals surface area contributed by atoms with Gasteiger partial charge in [-0.2, -0.15) is 0 Å². The summed E-state index contributed by atoms with van der Waals surface area (Å²) in [5.41, 5.74) is 1.68. The van der Waals surface area contributed by atoms with Crippen molar-refractivity contribution in [2.45, 2.75) is 25.9 Å². The van der Waals surface area contributed by atoms with Gasteiger partial charge in [-0.3, -0.25) is 0 Å². The maximum Gasteiger partial charge on any atom is 0.328 e. The van der Waals surface area contributed by atoms with Crippen molar-refractivity contribution in [3.8, 4) is 0 Å². The molecule has 1 unspecified atom stereocenters. The summed E-state index contributed by atoms with van der Waals surface area (Å²) >= 11 is 6.23. The zero-order valence-corrected chi connectivity index (χ0v) is 12.8. The van der Waals surface area contributed by atoms with Gasteiger partial charge in [0.25, 0.3) is 0 Å². The lowest BCUT2D eigenvalue weighted by molar-refractivity contribution is -0.131. The number of benzene rings is 1. The predicted molar refractivity (Wildman–Crippen MR) is 85.0 cm³/mol. The molecule has 5 heteroatoms. The van der Waals surface area contributed by atoms with E-state index in [1.807, 2.05) is 12.1 Å². The Bertz CT molecular complexity index is 524. The lowest BCUT2D eigenvalue weighted by atomic mass is 10.1. The Hall–Kier alpha value is -1.52. The van der Waals surface area contributed by atoms with Crippen molar-refractivity contribution >= 4 is 29.3 Å². The van der Waals surface area contributed by atoms with Crippen LogP contribution in [0.2, 0.25) is 5.02 Å². The average Bonchev–Trinajstić information content (AvgIpc) is 2.96. The molecule has 1 heterocycles. The fraction of sp³-hybridized carbons (Fsp3) is 0.438. The molecule has 1 fully saturated rings. The van der Waals surface area contributed by atoms with E-state index < -0.39 is 5.97 Å². The minimum absolute atomic E-state index is 0.236. The summed E-state index contributed by atoms with van der Waals surface area (Å²) in [5, 5.41) is 9.37. The largest absolute Gasteiger partial charge is 0.478 e. The normalized spacial score (nSPS) is 18.3. The van der Waals surface area contributed by atoms with Crippen molar-refractivity contribution in [1.82, 2.24) is 0 Å². The van der Waals surface area contributed by atoms with Gasteiger partial charge in [-0.15, -0.1) is 0 Å². The molecule has 4 nitrogen and oxygen atoms in total. The maximum absolute atomic E-state index is 10.7. The molecule has 1 saturated heterocycles. The topological polar surface area (TPSA) is 49.8 Å². The highest BCUT2D eigenvalue weighted by Gasteiger charge is 2.20. The third kappa shape index (κ3) is 4.22. The van der Waals surface area contributed by atoms with Crippen LogP contribution >= 0.6 is 11.6 Å². The van der Waals surface area contributed by atoms with E-state index in [1.165, 1.54) is 0 Å². The number of likely N-dealkylation sites (N-methyl/N-ethyl adjacent to an activating group) is 1. The minimum atomic E-state index is -0.983. The highest BCUT2D eigenvalue weighted by atomic mass is 35.5. The van der Waals surface area contributed by atoms with Crippen molar-refractivity contribution in [1.29, 1.82) is 0 Å². The van der Waals surface area contributed by atoms with Crippen LogP contribution in [0.3, 0.4) is 0 Å². The van der Waals surface area contributed by atoms with Gasteiger partial charge in [0.2, 0.25) is 0 Å². The van der Waals surface area contributed by atoms with E-state index in [0.717, 1.165) is 49.9 Å². The van der Waals surface area contributed by atoms with Crippen LogP contribution < -0.4 is 4.90 Å². The lowest BCUT2D eigenvalue weighted by Crippen LogP contribution is -2.32. The number of hydrogen-bond donors (Lipinski definition) is 1. The third-order valence-corrected chi connectivity index (χ3v) is 3.92. The summed E-state index contributed by atoms with van der Waals surface area (Å²) in [5.74, 6) is -0.983. The van der Waals surface area contributed by atoms with Crippen LogP contribution in [0.15, 0.2) is 24.3 Å². The highest BCUT2D eigenvalue weighted by Crippen LogP contribution is 2.30. The second-order valence-electron chi connectivity index (χ2n) is 5.02. The van der Waals surface area contributed by atoms with Crippen molar-refractivity contribution in [3.63, 3.8) is 0 Å². The molecule has 1 aromatic carbocycles. The number of aliphatic carboxylic acids is 1. The number of rotatable bonds is 6. The first kappa shape index (κ1) is 15.9. The van der Waals surface area contributed by atoms with Crippen molar-refractivity contribution in [2.75, 3.05) is 24.6 Å². The summed E-state index contributed by atoms with van der Waals surface area (Å²) in [6, 6.07) is 5.62. The van der Waals surface area contributed by atoms with Crippen LogP contribution in [0.25, 0.3) is 6.08 Å².